The van der Waals surface area contributed by atoms with Crippen molar-refractivity contribution < 1.29 is 67.7 Å². The molecule has 3 aliphatic carbocycles. The number of esters is 5. The third-order valence-electron chi connectivity index (χ3n) is 11.3. The van der Waals surface area contributed by atoms with Crippen LogP contribution in [0.4, 0.5) is 0 Å². The fraction of sp³-hybridized carbons (Fsp3) is 0.629. The van der Waals surface area contributed by atoms with Crippen LogP contribution in [0.3, 0.4) is 0 Å². The second-order valence-electron chi connectivity index (χ2n) is 14.0. The minimum Gasteiger partial charge on any atom is -0.462 e. The summed E-state index contributed by atoms with van der Waals surface area (Å²) in [6.07, 6.45) is -9.90. The van der Waals surface area contributed by atoms with Crippen molar-refractivity contribution in [3.05, 3.63) is 48.0 Å². The maximum atomic E-state index is 13.6. The minimum atomic E-state index is -2.38. The second kappa shape index (κ2) is 12.8. The summed E-state index contributed by atoms with van der Waals surface area (Å²) in [5, 5.41) is 36.4. The van der Waals surface area contributed by atoms with Crippen LogP contribution >= 0.6 is 0 Å². The third kappa shape index (κ3) is 5.53. The van der Waals surface area contributed by atoms with Gasteiger partial charge in [-0.05, 0) is 31.1 Å². The molecule has 0 spiro atoms. The van der Waals surface area contributed by atoms with Crippen molar-refractivity contribution in [1.29, 1.82) is 0 Å². The average Bonchev–Trinajstić information content (AvgIpc) is 3.16. The van der Waals surface area contributed by atoms with E-state index in [0.717, 1.165) is 27.7 Å². The number of ether oxygens (including phenoxy) is 6. The van der Waals surface area contributed by atoms with Gasteiger partial charge in [0.15, 0.2) is 12.2 Å². The summed E-state index contributed by atoms with van der Waals surface area (Å²) >= 11 is 0. The molecule has 4 bridgehead atoms. The molecule has 4 fully saturated rings. The van der Waals surface area contributed by atoms with Crippen LogP contribution in [0, 0.1) is 22.7 Å². The molecule has 1 saturated heterocycles. The van der Waals surface area contributed by atoms with Crippen molar-refractivity contribution in [3.63, 3.8) is 0 Å². The Morgan fingerprint density at radius 2 is 1.43 bits per heavy atom. The summed E-state index contributed by atoms with van der Waals surface area (Å²) in [5.41, 5.74) is -7.58. The predicted octanol–water partition coefficient (Wildman–Crippen LogP) is 1.41. The highest BCUT2D eigenvalue weighted by atomic mass is 16.6. The van der Waals surface area contributed by atoms with E-state index in [9.17, 15) is 39.3 Å². The number of benzene rings is 1. The van der Waals surface area contributed by atoms with E-state index in [2.05, 4.69) is 6.58 Å². The van der Waals surface area contributed by atoms with Crippen LogP contribution in [0.1, 0.15) is 64.7 Å². The van der Waals surface area contributed by atoms with E-state index in [-0.39, 0.29) is 30.6 Å². The SMILES string of the molecule is C=C1[C@@H](O)C[C@H](OC(C)=O)[C@@]2(COC(=O)c3ccccc3)[C@@H](OC(C)=O)[C@H](OC(C)=O)[C@]3(O)[C@]4(C)CO[C@]3(C)[C@@H](O)C[C@H]4[C@@H](OC(C)=O)[C@H]12. The molecule has 3 N–H and O–H groups in total. The van der Waals surface area contributed by atoms with Crippen molar-refractivity contribution in [1.82, 2.24) is 0 Å². The van der Waals surface area contributed by atoms with Gasteiger partial charge in [0, 0.05) is 51.4 Å². The lowest BCUT2D eigenvalue weighted by Gasteiger charge is -2.66. The highest BCUT2D eigenvalue weighted by Crippen LogP contribution is 2.68. The van der Waals surface area contributed by atoms with Gasteiger partial charge in [0.1, 0.15) is 30.0 Å². The van der Waals surface area contributed by atoms with Crippen LogP contribution in [0.15, 0.2) is 42.5 Å². The number of carbonyl (C=O) groups excluding carboxylic acids is 5. The van der Waals surface area contributed by atoms with E-state index in [1.165, 1.54) is 19.1 Å². The first kappa shape index (κ1) is 36.4. The summed E-state index contributed by atoms with van der Waals surface area (Å²) in [7, 11) is 0. The summed E-state index contributed by atoms with van der Waals surface area (Å²) in [4.78, 5) is 65.4. The maximum absolute atomic E-state index is 13.6. The average molecular weight is 689 g/mol. The number of carbonyl (C=O) groups is 5. The molecule has 1 heterocycles. The summed E-state index contributed by atoms with van der Waals surface area (Å²) in [5.74, 6) is -6.66. The van der Waals surface area contributed by atoms with Crippen molar-refractivity contribution in [2.45, 2.75) is 102 Å². The minimum absolute atomic E-state index is 0.0416. The van der Waals surface area contributed by atoms with Crippen LogP contribution in [-0.2, 0) is 47.6 Å². The molecule has 1 aromatic rings. The van der Waals surface area contributed by atoms with E-state index in [1.54, 1.807) is 25.1 Å². The Kier molecular flexibility index (Phi) is 9.51. The molecule has 14 heteroatoms. The maximum Gasteiger partial charge on any atom is 0.338 e. The number of hydrogen-bond acceptors (Lipinski definition) is 14. The number of fused-ring (bicyclic) bond motifs is 1. The molecule has 49 heavy (non-hydrogen) atoms. The van der Waals surface area contributed by atoms with Crippen LogP contribution in [0.2, 0.25) is 0 Å². The number of rotatable bonds is 7. The smallest absolute Gasteiger partial charge is 0.338 e. The molecule has 0 unspecified atom stereocenters. The van der Waals surface area contributed by atoms with Gasteiger partial charge in [-0.15, -0.1) is 0 Å². The number of aliphatic hydroxyl groups is 3. The van der Waals surface area contributed by atoms with E-state index in [4.69, 9.17) is 28.4 Å². The molecular formula is C35H44O14. The highest BCUT2D eigenvalue weighted by molar-refractivity contribution is 5.89. The first-order valence-corrected chi connectivity index (χ1v) is 16.2. The van der Waals surface area contributed by atoms with Gasteiger partial charge in [0.2, 0.25) is 0 Å². The lowest BCUT2D eigenvalue weighted by atomic mass is 9.43. The van der Waals surface area contributed by atoms with Crippen LogP contribution in [0.5, 0.6) is 0 Å². The van der Waals surface area contributed by atoms with Crippen molar-refractivity contribution in [3.8, 4) is 0 Å². The van der Waals surface area contributed by atoms with Gasteiger partial charge in [-0.2, -0.15) is 0 Å². The summed E-state index contributed by atoms with van der Waals surface area (Å²) < 4.78 is 36.1. The second-order valence-corrected chi connectivity index (χ2v) is 14.0. The van der Waals surface area contributed by atoms with Crippen LogP contribution < -0.4 is 0 Å². The molecule has 5 rings (SSSR count). The number of aliphatic hydroxyl groups excluding tert-OH is 2. The van der Waals surface area contributed by atoms with Crippen molar-refractivity contribution >= 4 is 29.8 Å². The normalized spacial score (nSPS) is 40.9. The largest absolute Gasteiger partial charge is 0.462 e. The van der Waals surface area contributed by atoms with Crippen molar-refractivity contribution in [2.24, 2.45) is 22.7 Å². The van der Waals surface area contributed by atoms with E-state index in [1.807, 2.05) is 0 Å². The Morgan fingerprint density at radius 3 is 2.00 bits per heavy atom. The molecule has 0 aromatic heterocycles. The van der Waals surface area contributed by atoms with Gasteiger partial charge in [0.25, 0.3) is 0 Å². The highest BCUT2D eigenvalue weighted by Gasteiger charge is 2.83. The standard InChI is InChI=1S/C35H44O14/c1-17-24(40)14-26(46-18(2)36)34(16-44-31(42)22-11-9-8-10-12-22)27(17)28(47-19(3)37)23-13-25(41)33(7)35(43,32(23,6)15-45-33)30(49-21(5)39)29(34)48-20(4)38/h8-12,23-30,40-41,43H,1,13-16H2,2-7H3/t23-,24-,25-,26-,27-,28+,29-,30-,32+,33+,34+,35-/m0/s1. The van der Waals surface area contributed by atoms with Gasteiger partial charge < -0.3 is 43.7 Å². The Labute approximate surface area is 283 Å². The predicted molar refractivity (Wildman–Crippen MR) is 166 cm³/mol. The number of hydrogen-bond donors (Lipinski definition) is 3. The monoisotopic (exact) mass is 688 g/mol. The molecule has 12 atom stereocenters. The molecular weight excluding hydrogens is 644 g/mol. The van der Waals surface area contributed by atoms with Gasteiger partial charge >= 0.3 is 29.8 Å². The molecule has 0 amide bonds. The van der Waals surface area contributed by atoms with Gasteiger partial charge in [-0.1, -0.05) is 31.7 Å². The van der Waals surface area contributed by atoms with Crippen LogP contribution in [-0.4, -0.2) is 106 Å². The molecule has 3 saturated carbocycles. The zero-order valence-electron chi connectivity index (χ0n) is 28.4. The van der Waals surface area contributed by atoms with E-state index < -0.39 is 107 Å². The quantitative estimate of drug-likeness (QED) is 0.211. The van der Waals surface area contributed by atoms with Crippen LogP contribution in [0.25, 0.3) is 0 Å². The zero-order valence-corrected chi connectivity index (χ0v) is 28.4. The molecule has 1 aliphatic heterocycles. The molecule has 1 aromatic carbocycles. The van der Waals surface area contributed by atoms with Gasteiger partial charge in [0.05, 0.1) is 29.8 Å². The fourth-order valence-corrected chi connectivity index (χ4v) is 9.08. The first-order chi connectivity index (χ1) is 22.8. The Balaban J connectivity index is 1.90. The summed E-state index contributed by atoms with van der Waals surface area (Å²) in [6, 6.07) is 7.92. The lowest BCUT2D eigenvalue weighted by molar-refractivity contribution is -0.323. The summed E-state index contributed by atoms with van der Waals surface area (Å²) in [6.45, 7) is 10.7. The Bertz CT molecular complexity index is 1530. The third-order valence-corrected chi connectivity index (χ3v) is 11.3. The Hall–Kier alpha value is -3.85. The van der Waals surface area contributed by atoms with Crippen molar-refractivity contribution in [2.75, 3.05) is 13.2 Å². The van der Waals surface area contributed by atoms with Gasteiger partial charge in [-0.25, -0.2) is 4.79 Å². The zero-order chi connectivity index (χ0) is 36.3. The molecule has 4 aliphatic rings. The fourth-order valence-electron chi connectivity index (χ4n) is 9.08. The molecule has 14 nitrogen and oxygen atoms in total. The Morgan fingerprint density at radius 1 is 0.857 bits per heavy atom. The topological polar surface area (TPSA) is 201 Å². The molecule has 268 valence electrons. The van der Waals surface area contributed by atoms with E-state index >= 15 is 0 Å². The van der Waals surface area contributed by atoms with Gasteiger partial charge in [-0.3, -0.25) is 19.2 Å². The lowest BCUT2D eigenvalue weighted by Crippen LogP contribution is -2.81. The first-order valence-electron chi connectivity index (χ1n) is 16.2. The van der Waals surface area contributed by atoms with E-state index in [0.29, 0.717) is 0 Å². The molecule has 0 radical (unpaired) electrons.